The summed E-state index contributed by atoms with van der Waals surface area (Å²) >= 11 is 1.73. The number of amides is 1. The molecule has 1 atom stereocenters. The van der Waals surface area contributed by atoms with Crippen LogP contribution < -0.4 is 5.32 Å². The molecule has 1 aliphatic carbocycles. The van der Waals surface area contributed by atoms with Gasteiger partial charge >= 0.3 is 0 Å². The van der Waals surface area contributed by atoms with Crippen LogP contribution >= 0.6 is 11.3 Å². The summed E-state index contributed by atoms with van der Waals surface area (Å²) in [4.78, 5) is 33.5. The Labute approximate surface area is 197 Å². The summed E-state index contributed by atoms with van der Waals surface area (Å²) in [5.41, 5.74) is 4.75. The molecule has 170 valence electrons. The summed E-state index contributed by atoms with van der Waals surface area (Å²) in [5.74, 6) is 1.27. The molecule has 7 nitrogen and oxygen atoms in total. The number of nitrogens with zero attached hydrogens (tertiary/aromatic N) is 5. The maximum absolute atomic E-state index is 13.2. The van der Waals surface area contributed by atoms with Crippen LogP contribution in [-0.2, 0) is 24.2 Å². The standard InChI is InChI=1S/C25H28N6OS/c1-2-30-7-9-31(10-8-30)25(32)16-4-6-20-21(12-16)33-24-22(20)23(27-15-28-24)29-19-5-3-17-13-26-14-18(17)11-19/h3,5,11,14-16H,2,4,6-10,12-13H2,1H3,(H,27,28,29). The Hall–Kier alpha value is -2.84. The topological polar surface area (TPSA) is 73.7 Å². The molecule has 33 heavy (non-hydrogen) atoms. The molecule has 1 N–H and O–H groups in total. The molecular weight excluding hydrogens is 432 g/mol. The number of carbonyl (C=O) groups excluding carboxylic acids is 1. The molecule has 4 heterocycles. The Morgan fingerprint density at radius 2 is 2.09 bits per heavy atom. The fourth-order valence-electron chi connectivity index (χ4n) is 5.27. The van der Waals surface area contributed by atoms with E-state index in [1.807, 2.05) is 6.21 Å². The number of nitrogens with one attached hydrogen (secondary N) is 1. The lowest BCUT2D eigenvalue weighted by Crippen LogP contribution is -2.50. The quantitative estimate of drug-likeness (QED) is 0.644. The summed E-state index contributed by atoms with van der Waals surface area (Å²) in [6.45, 7) is 7.70. The lowest BCUT2D eigenvalue weighted by molar-refractivity contribution is -0.137. The van der Waals surface area contributed by atoms with Gasteiger partial charge in [-0.25, -0.2) is 9.97 Å². The predicted molar refractivity (Wildman–Crippen MR) is 133 cm³/mol. The number of aromatic nitrogens is 2. The van der Waals surface area contributed by atoms with E-state index >= 15 is 0 Å². The molecule has 0 radical (unpaired) electrons. The van der Waals surface area contributed by atoms with Crippen molar-refractivity contribution >= 4 is 45.2 Å². The number of carbonyl (C=O) groups is 1. The SMILES string of the molecule is CCN1CCN(C(=O)C2CCc3c(sc4ncnc(Nc5ccc6c(c5)C=NC6)c34)C2)CC1. The van der Waals surface area contributed by atoms with E-state index < -0.39 is 0 Å². The minimum absolute atomic E-state index is 0.0825. The van der Waals surface area contributed by atoms with Crippen LogP contribution in [0.3, 0.4) is 0 Å². The average Bonchev–Trinajstić information content (AvgIpc) is 3.47. The van der Waals surface area contributed by atoms with Crippen LogP contribution in [0.25, 0.3) is 10.2 Å². The molecule has 1 unspecified atom stereocenters. The van der Waals surface area contributed by atoms with Crippen molar-refractivity contribution in [1.82, 2.24) is 19.8 Å². The third kappa shape index (κ3) is 3.81. The van der Waals surface area contributed by atoms with Gasteiger partial charge in [-0.05, 0) is 54.6 Å². The molecule has 8 heteroatoms. The first-order valence-corrected chi connectivity index (χ1v) is 12.7. The van der Waals surface area contributed by atoms with E-state index in [-0.39, 0.29) is 5.92 Å². The monoisotopic (exact) mass is 460 g/mol. The second-order valence-electron chi connectivity index (χ2n) is 9.11. The van der Waals surface area contributed by atoms with E-state index in [2.05, 4.69) is 55.2 Å². The van der Waals surface area contributed by atoms with Gasteiger partial charge in [-0.3, -0.25) is 9.79 Å². The fourth-order valence-corrected chi connectivity index (χ4v) is 6.54. The first-order chi connectivity index (χ1) is 16.2. The second kappa shape index (κ2) is 8.50. The fraction of sp³-hybridized carbons (Fsp3) is 0.440. The second-order valence-corrected chi connectivity index (χ2v) is 10.2. The number of hydrogen-bond acceptors (Lipinski definition) is 7. The van der Waals surface area contributed by atoms with Crippen LogP contribution in [0.5, 0.6) is 0 Å². The molecule has 2 aromatic heterocycles. The van der Waals surface area contributed by atoms with Gasteiger partial charge in [0.15, 0.2) is 0 Å². The lowest BCUT2D eigenvalue weighted by atomic mass is 9.86. The number of piperazine rings is 1. The van der Waals surface area contributed by atoms with Gasteiger partial charge in [0, 0.05) is 48.9 Å². The number of aryl methyl sites for hydroxylation is 1. The molecule has 1 fully saturated rings. The highest BCUT2D eigenvalue weighted by Gasteiger charge is 2.32. The molecule has 0 bridgehead atoms. The summed E-state index contributed by atoms with van der Waals surface area (Å²) in [6.07, 6.45) is 6.19. The van der Waals surface area contributed by atoms with Gasteiger partial charge in [-0.15, -0.1) is 11.3 Å². The van der Waals surface area contributed by atoms with Crippen molar-refractivity contribution in [2.75, 3.05) is 38.0 Å². The molecule has 0 spiro atoms. The Balaban J connectivity index is 1.23. The molecule has 1 aromatic carbocycles. The average molecular weight is 461 g/mol. The number of likely N-dealkylation sites (N-methyl/N-ethyl adjacent to an activating group) is 1. The Morgan fingerprint density at radius 1 is 1.21 bits per heavy atom. The minimum atomic E-state index is 0.0825. The maximum Gasteiger partial charge on any atom is 0.226 e. The number of hydrogen-bond donors (Lipinski definition) is 1. The van der Waals surface area contributed by atoms with Gasteiger partial charge < -0.3 is 15.1 Å². The molecule has 2 aliphatic heterocycles. The van der Waals surface area contributed by atoms with Crippen LogP contribution in [0.1, 0.15) is 34.9 Å². The van der Waals surface area contributed by atoms with Gasteiger partial charge in [-0.2, -0.15) is 0 Å². The van der Waals surface area contributed by atoms with Crippen LogP contribution in [0, 0.1) is 5.92 Å². The summed E-state index contributed by atoms with van der Waals surface area (Å²) in [7, 11) is 0. The van der Waals surface area contributed by atoms with Crippen LogP contribution in [0.4, 0.5) is 11.5 Å². The van der Waals surface area contributed by atoms with E-state index in [1.165, 1.54) is 21.6 Å². The van der Waals surface area contributed by atoms with Crippen molar-refractivity contribution in [2.24, 2.45) is 10.9 Å². The van der Waals surface area contributed by atoms with Crippen LogP contribution in [0.2, 0.25) is 0 Å². The van der Waals surface area contributed by atoms with Crippen LogP contribution in [0.15, 0.2) is 29.5 Å². The van der Waals surface area contributed by atoms with Gasteiger partial charge in [0.05, 0.1) is 11.9 Å². The van der Waals surface area contributed by atoms with Gasteiger partial charge in [0.2, 0.25) is 5.91 Å². The third-order valence-electron chi connectivity index (χ3n) is 7.23. The zero-order valence-electron chi connectivity index (χ0n) is 18.9. The number of aliphatic imine (C=N–C) groups is 1. The van der Waals surface area contributed by atoms with Crippen LogP contribution in [-0.4, -0.2) is 64.6 Å². The Kier molecular flexibility index (Phi) is 5.34. The van der Waals surface area contributed by atoms with Crippen molar-refractivity contribution in [3.8, 4) is 0 Å². The number of thiophene rings is 1. The lowest BCUT2D eigenvalue weighted by Gasteiger charge is -2.36. The normalized spacial score (nSPS) is 20.2. The highest BCUT2D eigenvalue weighted by Crippen LogP contribution is 2.41. The first-order valence-electron chi connectivity index (χ1n) is 11.9. The zero-order chi connectivity index (χ0) is 22.4. The van der Waals surface area contributed by atoms with Gasteiger partial charge in [-0.1, -0.05) is 13.0 Å². The van der Waals surface area contributed by atoms with E-state index in [1.54, 1.807) is 17.7 Å². The predicted octanol–water partition coefficient (Wildman–Crippen LogP) is 3.64. The Bertz CT molecular complexity index is 1240. The number of anilines is 2. The molecule has 3 aliphatic rings. The van der Waals surface area contributed by atoms with Crippen molar-refractivity contribution in [1.29, 1.82) is 0 Å². The largest absolute Gasteiger partial charge is 0.340 e. The molecule has 3 aromatic rings. The number of fused-ring (bicyclic) bond motifs is 4. The van der Waals surface area contributed by atoms with E-state index in [0.717, 1.165) is 80.3 Å². The molecule has 1 saturated heterocycles. The zero-order valence-corrected chi connectivity index (χ0v) is 19.7. The molecule has 6 rings (SSSR count). The Morgan fingerprint density at radius 3 is 2.94 bits per heavy atom. The van der Waals surface area contributed by atoms with E-state index in [4.69, 9.17) is 0 Å². The third-order valence-corrected chi connectivity index (χ3v) is 8.39. The first kappa shape index (κ1) is 20.7. The molecular formula is C25H28N6OS. The van der Waals surface area contributed by atoms with Gasteiger partial charge in [0.25, 0.3) is 0 Å². The highest BCUT2D eigenvalue weighted by molar-refractivity contribution is 7.19. The molecule has 1 amide bonds. The van der Waals surface area contributed by atoms with Gasteiger partial charge in [0.1, 0.15) is 17.0 Å². The number of rotatable bonds is 4. The smallest absolute Gasteiger partial charge is 0.226 e. The van der Waals surface area contributed by atoms with E-state index in [0.29, 0.717) is 5.91 Å². The van der Waals surface area contributed by atoms with Crippen molar-refractivity contribution < 1.29 is 4.79 Å². The summed E-state index contributed by atoms with van der Waals surface area (Å²) in [6, 6.07) is 6.35. The summed E-state index contributed by atoms with van der Waals surface area (Å²) in [5, 5.41) is 4.64. The van der Waals surface area contributed by atoms with E-state index in [9.17, 15) is 4.79 Å². The van der Waals surface area contributed by atoms with Crippen molar-refractivity contribution in [3.05, 3.63) is 46.1 Å². The highest BCUT2D eigenvalue weighted by atomic mass is 32.1. The maximum atomic E-state index is 13.2. The number of benzene rings is 1. The molecule has 0 saturated carbocycles. The van der Waals surface area contributed by atoms with Crippen molar-refractivity contribution in [3.63, 3.8) is 0 Å². The van der Waals surface area contributed by atoms with Crippen molar-refractivity contribution in [2.45, 2.75) is 32.7 Å². The minimum Gasteiger partial charge on any atom is -0.340 e. The summed E-state index contributed by atoms with van der Waals surface area (Å²) < 4.78 is 0.